The van der Waals surface area contributed by atoms with E-state index in [0.717, 1.165) is 17.5 Å². The van der Waals surface area contributed by atoms with E-state index in [0.29, 0.717) is 12.5 Å². The monoisotopic (exact) mass is 205 g/mol. The van der Waals surface area contributed by atoms with E-state index in [1.165, 1.54) is 5.56 Å². The molecule has 80 valence electrons. The Hall–Kier alpha value is -1.55. The van der Waals surface area contributed by atoms with Gasteiger partial charge in [-0.05, 0) is 36.6 Å². The first-order valence-corrected chi connectivity index (χ1v) is 5.16. The molecule has 15 heavy (non-hydrogen) atoms. The number of benzene rings is 1. The summed E-state index contributed by atoms with van der Waals surface area (Å²) in [5, 5.41) is 0. The van der Waals surface area contributed by atoms with Crippen molar-refractivity contribution in [2.45, 2.75) is 19.3 Å². The molecule has 1 unspecified atom stereocenters. The molecule has 0 bridgehead atoms. The van der Waals surface area contributed by atoms with Gasteiger partial charge in [-0.3, -0.25) is 0 Å². The van der Waals surface area contributed by atoms with Crippen LogP contribution in [0.3, 0.4) is 0 Å². The number of hydrogen-bond donors (Lipinski definition) is 3. The van der Waals surface area contributed by atoms with Gasteiger partial charge in [0.05, 0.1) is 11.0 Å². The summed E-state index contributed by atoms with van der Waals surface area (Å²) in [6, 6.07) is 5.93. The van der Waals surface area contributed by atoms with Gasteiger partial charge in [-0.15, -0.1) is 0 Å². The average Bonchev–Trinajstić information content (AvgIpc) is 2.59. The number of aromatic nitrogens is 2. The van der Waals surface area contributed by atoms with Crippen LogP contribution in [0.25, 0.3) is 11.0 Å². The molecule has 4 heteroatoms. The smallest absolute Gasteiger partial charge is 0.323 e. The number of nitrogens with two attached hydrogens (primary N) is 1. The molecule has 0 aliphatic rings. The molecular weight excluding hydrogens is 190 g/mol. The molecule has 0 saturated heterocycles. The van der Waals surface area contributed by atoms with Crippen molar-refractivity contribution < 1.29 is 0 Å². The Kier molecular flexibility index (Phi) is 2.60. The summed E-state index contributed by atoms with van der Waals surface area (Å²) >= 11 is 0. The number of hydrogen-bond acceptors (Lipinski definition) is 2. The summed E-state index contributed by atoms with van der Waals surface area (Å²) in [5.41, 5.74) is 8.40. The van der Waals surface area contributed by atoms with Crippen LogP contribution in [0, 0.1) is 0 Å². The van der Waals surface area contributed by atoms with Gasteiger partial charge in [-0.1, -0.05) is 13.0 Å². The minimum absolute atomic E-state index is 0.164. The van der Waals surface area contributed by atoms with Crippen molar-refractivity contribution in [3.63, 3.8) is 0 Å². The number of aromatic amines is 2. The van der Waals surface area contributed by atoms with Gasteiger partial charge in [0.15, 0.2) is 0 Å². The van der Waals surface area contributed by atoms with Crippen molar-refractivity contribution in [1.82, 2.24) is 9.97 Å². The third-order valence-corrected chi connectivity index (χ3v) is 2.79. The number of nitrogens with one attached hydrogen (secondary N) is 2. The Morgan fingerprint density at radius 1 is 1.33 bits per heavy atom. The Morgan fingerprint density at radius 3 is 2.73 bits per heavy atom. The van der Waals surface area contributed by atoms with Crippen LogP contribution in [-0.4, -0.2) is 16.5 Å². The zero-order valence-electron chi connectivity index (χ0n) is 8.71. The zero-order valence-corrected chi connectivity index (χ0v) is 8.71. The summed E-state index contributed by atoms with van der Waals surface area (Å²) in [6.07, 6.45) is 1.01. The van der Waals surface area contributed by atoms with E-state index >= 15 is 0 Å². The third kappa shape index (κ3) is 1.80. The molecule has 1 atom stereocenters. The average molecular weight is 205 g/mol. The molecular formula is C11H15N3O. The van der Waals surface area contributed by atoms with Crippen LogP contribution in [0.2, 0.25) is 0 Å². The molecule has 0 fully saturated rings. The largest absolute Gasteiger partial charge is 0.330 e. The first kappa shape index (κ1) is 9.98. The minimum Gasteiger partial charge on any atom is -0.330 e. The van der Waals surface area contributed by atoms with E-state index in [2.05, 4.69) is 16.9 Å². The Labute approximate surface area is 87.5 Å². The van der Waals surface area contributed by atoms with Gasteiger partial charge < -0.3 is 15.7 Å². The Balaban J connectivity index is 2.49. The van der Waals surface area contributed by atoms with Gasteiger partial charge in [0.2, 0.25) is 0 Å². The highest BCUT2D eigenvalue weighted by Crippen LogP contribution is 2.20. The molecule has 0 saturated carbocycles. The molecule has 1 aromatic carbocycles. The predicted octanol–water partition coefficient (Wildman–Crippen LogP) is 1.31. The fraction of sp³-hybridized carbons (Fsp3) is 0.364. The number of rotatable bonds is 3. The van der Waals surface area contributed by atoms with Gasteiger partial charge >= 0.3 is 5.69 Å². The second-order valence-corrected chi connectivity index (χ2v) is 3.73. The topological polar surface area (TPSA) is 74.7 Å². The summed E-state index contributed by atoms with van der Waals surface area (Å²) in [4.78, 5) is 16.5. The lowest BCUT2D eigenvalue weighted by atomic mass is 9.96. The van der Waals surface area contributed by atoms with Crippen LogP contribution >= 0.6 is 0 Å². The zero-order chi connectivity index (χ0) is 10.8. The molecule has 0 aliphatic carbocycles. The molecule has 1 aromatic heterocycles. The quantitative estimate of drug-likeness (QED) is 0.706. The van der Waals surface area contributed by atoms with Crippen LogP contribution in [0.15, 0.2) is 23.0 Å². The van der Waals surface area contributed by atoms with E-state index in [-0.39, 0.29) is 5.69 Å². The lowest BCUT2D eigenvalue weighted by Gasteiger charge is -2.11. The summed E-state index contributed by atoms with van der Waals surface area (Å²) in [5.74, 6) is 0.368. The van der Waals surface area contributed by atoms with Crippen molar-refractivity contribution in [3.05, 3.63) is 34.2 Å². The first-order chi connectivity index (χ1) is 7.24. The van der Waals surface area contributed by atoms with Crippen molar-refractivity contribution >= 4 is 11.0 Å². The number of H-pyrrole nitrogens is 2. The van der Waals surface area contributed by atoms with Crippen molar-refractivity contribution in [2.24, 2.45) is 5.73 Å². The van der Waals surface area contributed by atoms with Crippen LogP contribution in [-0.2, 0) is 0 Å². The van der Waals surface area contributed by atoms with Crippen LogP contribution in [0.1, 0.15) is 24.8 Å². The number of fused-ring (bicyclic) bond motifs is 1. The standard InChI is InChI=1S/C11H15N3O/c1-2-7(6-12)8-3-4-9-10(5-8)14-11(15)13-9/h3-5,7H,2,6,12H2,1H3,(H2,13,14,15). The minimum atomic E-state index is -0.164. The van der Waals surface area contributed by atoms with Gasteiger partial charge in [0.25, 0.3) is 0 Å². The van der Waals surface area contributed by atoms with Crippen LogP contribution < -0.4 is 11.4 Å². The van der Waals surface area contributed by atoms with Crippen molar-refractivity contribution in [3.8, 4) is 0 Å². The Morgan fingerprint density at radius 2 is 2.07 bits per heavy atom. The predicted molar refractivity (Wildman–Crippen MR) is 61.0 cm³/mol. The van der Waals surface area contributed by atoms with Crippen LogP contribution in [0.4, 0.5) is 0 Å². The summed E-state index contributed by atoms with van der Waals surface area (Å²) in [6.45, 7) is 2.75. The highest BCUT2D eigenvalue weighted by atomic mass is 16.1. The van der Waals surface area contributed by atoms with Crippen molar-refractivity contribution in [1.29, 1.82) is 0 Å². The van der Waals surface area contributed by atoms with Crippen molar-refractivity contribution in [2.75, 3.05) is 6.54 Å². The summed E-state index contributed by atoms with van der Waals surface area (Å²) < 4.78 is 0. The van der Waals surface area contributed by atoms with Gasteiger partial charge in [0, 0.05) is 0 Å². The summed E-state index contributed by atoms with van der Waals surface area (Å²) in [7, 11) is 0. The van der Waals surface area contributed by atoms with E-state index in [1.54, 1.807) is 0 Å². The lowest BCUT2D eigenvalue weighted by Crippen LogP contribution is -2.11. The highest BCUT2D eigenvalue weighted by Gasteiger charge is 2.08. The molecule has 2 aromatic rings. The number of imidazole rings is 1. The second-order valence-electron chi connectivity index (χ2n) is 3.73. The van der Waals surface area contributed by atoms with E-state index in [1.807, 2.05) is 18.2 Å². The van der Waals surface area contributed by atoms with Gasteiger partial charge in [0.1, 0.15) is 0 Å². The molecule has 0 radical (unpaired) electrons. The first-order valence-electron chi connectivity index (χ1n) is 5.16. The second kappa shape index (κ2) is 3.90. The highest BCUT2D eigenvalue weighted by molar-refractivity contribution is 5.75. The lowest BCUT2D eigenvalue weighted by molar-refractivity contribution is 0.675. The maximum Gasteiger partial charge on any atom is 0.323 e. The molecule has 2 rings (SSSR count). The van der Waals surface area contributed by atoms with E-state index in [9.17, 15) is 4.79 Å². The molecule has 1 heterocycles. The third-order valence-electron chi connectivity index (χ3n) is 2.79. The normalized spacial score (nSPS) is 13.2. The SMILES string of the molecule is CCC(CN)c1ccc2[nH]c(=O)[nH]c2c1. The molecule has 0 amide bonds. The van der Waals surface area contributed by atoms with Gasteiger partial charge in [-0.2, -0.15) is 0 Å². The fourth-order valence-electron chi connectivity index (χ4n) is 1.84. The van der Waals surface area contributed by atoms with Crippen LogP contribution in [0.5, 0.6) is 0 Å². The molecule has 0 spiro atoms. The fourth-order valence-corrected chi connectivity index (χ4v) is 1.84. The van der Waals surface area contributed by atoms with E-state index in [4.69, 9.17) is 5.73 Å². The molecule has 0 aliphatic heterocycles. The Bertz CT molecular complexity index is 508. The molecule has 4 N–H and O–H groups in total. The maximum atomic E-state index is 11.1. The maximum absolute atomic E-state index is 11.1. The van der Waals surface area contributed by atoms with Gasteiger partial charge in [-0.25, -0.2) is 4.79 Å². The molecule has 4 nitrogen and oxygen atoms in total. The van der Waals surface area contributed by atoms with E-state index < -0.39 is 0 Å².